The van der Waals surface area contributed by atoms with Crippen molar-refractivity contribution >= 4 is 5.97 Å². The highest BCUT2D eigenvalue weighted by Crippen LogP contribution is 2.00. The van der Waals surface area contributed by atoms with Crippen molar-refractivity contribution in [3.63, 3.8) is 0 Å². The number of hydrogen-bond donors (Lipinski definition) is 1. The fourth-order valence-corrected chi connectivity index (χ4v) is 1.40. The van der Waals surface area contributed by atoms with E-state index < -0.39 is 5.97 Å². The van der Waals surface area contributed by atoms with Crippen LogP contribution < -0.4 is 0 Å². The van der Waals surface area contributed by atoms with E-state index in [2.05, 4.69) is 25.7 Å². The molecule has 0 bridgehead atoms. The Bertz CT molecular complexity index is 183. The highest BCUT2D eigenvalue weighted by atomic mass is 16.5. The van der Waals surface area contributed by atoms with Crippen LogP contribution in [0.1, 0.15) is 40.0 Å². The summed E-state index contributed by atoms with van der Waals surface area (Å²) in [6, 6.07) is 0.370. The maximum Gasteiger partial charge on any atom is 0.304 e. The van der Waals surface area contributed by atoms with Crippen molar-refractivity contribution < 1.29 is 14.6 Å². The first-order valence-electron chi connectivity index (χ1n) is 6.11. The summed E-state index contributed by atoms with van der Waals surface area (Å²) in [5, 5.41) is 8.63. The molecule has 4 heteroatoms. The van der Waals surface area contributed by atoms with Crippen molar-refractivity contribution in [1.82, 2.24) is 4.90 Å². The van der Waals surface area contributed by atoms with E-state index >= 15 is 0 Å². The van der Waals surface area contributed by atoms with Crippen molar-refractivity contribution in [2.24, 2.45) is 0 Å². The van der Waals surface area contributed by atoms with Crippen molar-refractivity contribution in [3.05, 3.63) is 0 Å². The molecule has 0 aliphatic carbocycles. The van der Waals surface area contributed by atoms with Crippen LogP contribution in [0.25, 0.3) is 0 Å². The van der Waals surface area contributed by atoms with Crippen LogP contribution in [0.4, 0.5) is 0 Å². The van der Waals surface area contributed by atoms with Crippen LogP contribution >= 0.6 is 0 Å². The summed E-state index contributed by atoms with van der Waals surface area (Å²) in [5.74, 6) is -0.738. The SMILES string of the molecule is CCCCOCCN(CCC(=O)O)C(C)C. The summed E-state index contributed by atoms with van der Waals surface area (Å²) in [6.45, 7) is 9.20. The Morgan fingerprint density at radius 3 is 2.50 bits per heavy atom. The van der Waals surface area contributed by atoms with Crippen LogP contribution in [0.3, 0.4) is 0 Å². The lowest BCUT2D eigenvalue weighted by Crippen LogP contribution is -2.35. The molecule has 0 atom stereocenters. The molecule has 1 N–H and O–H groups in total. The molecule has 4 nitrogen and oxygen atoms in total. The third-order valence-electron chi connectivity index (χ3n) is 2.51. The topological polar surface area (TPSA) is 49.8 Å². The molecule has 0 aromatic heterocycles. The second-order valence-corrected chi connectivity index (χ2v) is 4.24. The summed E-state index contributed by atoms with van der Waals surface area (Å²) in [5.41, 5.74) is 0. The Labute approximate surface area is 98.6 Å². The quantitative estimate of drug-likeness (QED) is 0.584. The Kier molecular flexibility index (Phi) is 9.24. The average Bonchev–Trinajstić information content (AvgIpc) is 2.21. The van der Waals surface area contributed by atoms with Gasteiger partial charge in [0.1, 0.15) is 0 Å². The van der Waals surface area contributed by atoms with Gasteiger partial charge in [0.2, 0.25) is 0 Å². The van der Waals surface area contributed by atoms with Crippen LogP contribution in [0.5, 0.6) is 0 Å². The van der Waals surface area contributed by atoms with E-state index in [0.717, 1.165) is 26.0 Å². The van der Waals surface area contributed by atoms with Gasteiger partial charge in [-0.3, -0.25) is 9.69 Å². The zero-order chi connectivity index (χ0) is 12.4. The molecule has 0 aromatic rings. The summed E-state index contributed by atoms with van der Waals surface area (Å²) in [6.07, 6.45) is 2.44. The number of ether oxygens (including phenoxy) is 1. The van der Waals surface area contributed by atoms with E-state index in [1.54, 1.807) is 0 Å². The van der Waals surface area contributed by atoms with Gasteiger partial charge in [-0.1, -0.05) is 13.3 Å². The van der Waals surface area contributed by atoms with Gasteiger partial charge in [0.15, 0.2) is 0 Å². The molecule has 0 saturated carbocycles. The number of hydrogen-bond acceptors (Lipinski definition) is 3. The lowest BCUT2D eigenvalue weighted by atomic mass is 10.3. The predicted molar refractivity (Wildman–Crippen MR) is 64.7 cm³/mol. The Balaban J connectivity index is 3.64. The number of unbranched alkanes of at least 4 members (excludes halogenated alkanes) is 1. The van der Waals surface area contributed by atoms with E-state index in [-0.39, 0.29) is 6.42 Å². The number of carbonyl (C=O) groups is 1. The zero-order valence-electron chi connectivity index (χ0n) is 10.7. The molecule has 0 heterocycles. The molecule has 96 valence electrons. The van der Waals surface area contributed by atoms with E-state index in [1.165, 1.54) is 0 Å². The largest absolute Gasteiger partial charge is 0.481 e. The molecule has 0 aliphatic heterocycles. The molecule has 0 rings (SSSR count). The van der Waals surface area contributed by atoms with Crippen LogP contribution in [0.2, 0.25) is 0 Å². The molecule has 0 aromatic carbocycles. The standard InChI is InChI=1S/C12H25NO3/c1-4-5-9-16-10-8-13(11(2)3)7-6-12(14)15/h11H,4-10H2,1-3H3,(H,14,15). The lowest BCUT2D eigenvalue weighted by molar-refractivity contribution is -0.137. The third kappa shape index (κ3) is 8.68. The first-order valence-corrected chi connectivity index (χ1v) is 6.11. The lowest BCUT2D eigenvalue weighted by Gasteiger charge is -2.25. The maximum absolute atomic E-state index is 10.5. The monoisotopic (exact) mass is 231 g/mol. The van der Waals surface area contributed by atoms with Gasteiger partial charge in [0.05, 0.1) is 13.0 Å². The number of carboxylic acids is 1. The van der Waals surface area contributed by atoms with Gasteiger partial charge in [-0.2, -0.15) is 0 Å². The first kappa shape index (κ1) is 15.4. The molecule has 0 amide bonds. The van der Waals surface area contributed by atoms with Crippen molar-refractivity contribution in [1.29, 1.82) is 0 Å². The summed E-state index contributed by atoms with van der Waals surface area (Å²) >= 11 is 0. The molecule has 16 heavy (non-hydrogen) atoms. The van der Waals surface area contributed by atoms with Crippen LogP contribution in [-0.2, 0) is 9.53 Å². The fourth-order valence-electron chi connectivity index (χ4n) is 1.40. The second-order valence-electron chi connectivity index (χ2n) is 4.24. The average molecular weight is 231 g/mol. The molecule has 0 saturated heterocycles. The predicted octanol–water partition coefficient (Wildman–Crippen LogP) is 1.99. The van der Waals surface area contributed by atoms with Crippen LogP contribution in [-0.4, -0.2) is 48.3 Å². The Hall–Kier alpha value is -0.610. The molecule has 0 spiro atoms. The smallest absolute Gasteiger partial charge is 0.304 e. The van der Waals surface area contributed by atoms with Gasteiger partial charge in [-0.25, -0.2) is 0 Å². The highest BCUT2D eigenvalue weighted by molar-refractivity contribution is 5.66. The van der Waals surface area contributed by atoms with Crippen LogP contribution in [0, 0.1) is 0 Å². The van der Waals surface area contributed by atoms with Gasteiger partial charge >= 0.3 is 5.97 Å². The van der Waals surface area contributed by atoms with Gasteiger partial charge in [-0.05, 0) is 20.3 Å². The molecule has 0 radical (unpaired) electrons. The number of carboxylic acid groups (broad SMARTS) is 1. The second kappa shape index (κ2) is 9.60. The fraction of sp³-hybridized carbons (Fsp3) is 0.917. The van der Waals surface area contributed by atoms with E-state index in [4.69, 9.17) is 9.84 Å². The molecule has 0 unspecified atom stereocenters. The maximum atomic E-state index is 10.5. The van der Waals surface area contributed by atoms with E-state index in [9.17, 15) is 4.79 Å². The number of rotatable bonds is 10. The third-order valence-corrected chi connectivity index (χ3v) is 2.51. The minimum Gasteiger partial charge on any atom is -0.481 e. The molecule has 0 fully saturated rings. The minimum absolute atomic E-state index is 0.202. The molecular weight excluding hydrogens is 206 g/mol. The Morgan fingerprint density at radius 1 is 1.31 bits per heavy atom. The first-order chi connectivity index (χ1) is 7.57. The molecular formula is C12H25NO3. The van der Waals surface area contributed by atoms with Gasteiger partial charge < -0.3 is 9.84 Å². The normalized spacial score (nSPS) is 11.3. The van der Waals surface area contributed by atoms with Gasteiger partial charge in [0.25, 0.3) is 0 Å². The summed E-state index contributed by atoms with van der Waals surface area (Å²) in [4.78, 5) is 12.6. The van der Waals surface area contributed by atoms with E-state index in [1.807, 2.05) is 0 Å². The van der Waals surface area contributed by atoms with E-state index in [0.29, 0.717) is 19.2 Å². The summed E-state index contributed by atoms with van der Waals surface area (Å²) < 4.78 is 5.47. The highest BCUT2D eigenvalue weighted by Gasteiger charge is 2.10. The summed E-state index contributed by atoms with van der Waals surface area (Å²) in [7, 11) is 0. The van der Waals surface area contributed by atoms with Crippen molar-refractivity contribution in [2.75, 3.05) is 26.3 Å². The van der Waals surface area contributed by atoms with Gasteiger partial charge in [0, 0.05) is 25.7 Å². The Morgan fingerprint density at radius 2 is 2.00 bits per heavy atom. The number of nitrogens with zero attached hydrogens (tertiary/aromatic N) is 1. The van der Waals surface area contributed by atoms with Crippen molar-refractivity contribution in [2.45, 2.75) is 46.1 Å². The zero-order valence-corrected chi connectivity index (χ0v) is 10.7. The molecule has 0 aliphatic rings. The number of aliphatic carboxylic acids is 1. The minimum atomic E-state index is -0.738. The van der Waals surface area contributed by atoms with Crippen molar-refractivity contribution in [3.8, 4) is 0 Å². The van der Waals surface area contributed by atoms with Crippen LogP contribution in [0.15, 0.2) is 0 Å². The van der Waals surface area contributed by atoms with Gasteiger partial charge in [-0.15, -0.1) is 0 Å².